The molecule has 0 fully saturated rings. The van der Waals surface area contributed by atoms with E-state index in [2.05, 4.69) is 15.3 Å². The zero-order valence-electron chi connectivity index (χ0n) is 12.4. The highest BCUT2D eigenvalue weighted by Crippen LogP contribution is 2.15. The second kappa shape index (κ2) is 7.77. The second-order valence-corrected chi connectivity index (χ2v) is 5.59. The number of methoxy groups -OCH3 is 1. The molecule has 0 aliphatic heterocycles. The number of nitrogens with zero attached hydrogens (tertiary/aromatic N) is 1. The van der Waals surface area contributed by atoms with Gasteiger partial charge in [-0.25, -0.2) is 4.98 Å². The van der Waals surface area contributed by atoms with Crippen LogP contribution in [0.25, 0.3) is 0 Å². The van der Waals surface area contributed by atoms with E-state index in [-0.39, 0.29) is 23.8 Å². The van der Waals surface area contributed by atoms with Crippen molar-refractivity contribution in [2.24, 2.45) is 0 Å². The van der Waals surface area contributed by atoms with E-state index in [0.29, 0.717) is 10.9 Å². The fraction of sp³-hybridized carbons (Fsp3) is 0.267. The highest BCUT2D eigenvalue weighted by atomic mass is 32.2. The Morgan fingerprint density at radius 2 is 2.18 bits per heavy atom. The van der Waals surface area contributed by atoms with Crippen LogP contribution in [0.4, 0.5) is 5.69 Å². The average Bonchev–Trinajstić information content (AvgIpc) is 2.47. The van der Waals surface area contributed by atoms with Gasteiger partial charge in [0.25, 0.3) is 5.56 Å². The summed E-state index contributed by atoms with van der Waals surface area (Å²) in [7, 11) is 1.53. The third-order valence-corrected chi connectivity index (χ3v) is 3.70. The van der Waals surface area contributed by atoms with Crippen LogP contribution < -0.4 is 10.9 Å². The number of carbonyl (C=O) groups excluding carboxylic acids is 1. The van der Waals surface area contributed by atoms with Crippen LogP contribution in [-0.2, 0) is 16.1 Å². The highest BCUT2D eigenvalue weighted by Gasteiger charge is 2.08. The molecule has 6 nitrogen and oxygen atoms in total. The Morgan fingerprint density at radius 3 is 2.91 bits per heavy atom. The summed E-state index contributed by atoms with van der Waals surface area (Å²) in [6, 6.07) is 8.92. The number of nitrogens with one attached hydrogen (secondary N) is 2. The Labute approximate surface area is 132 Å². The smallest absolute Gasteiger partial charge is 0.251 e. The van der Waals surface area contributed by atoms with E-state index >= 15 is 0 Å². The number of para-hydroxylation sites is 1. The van der Waals surface area contributed by atoms with Crippen molar-refractivity contribution in [3.8, 4) is 0 Å². The van der Waals surface area contributed by atoms with Crippen LogP contribution in [0.15, 0.2) is 40.3 Å². The molecule has 2 aromatic rings. The van der Waals surface area contributed by atoms with Gasteiger partial charge in [0.05, 0.1) is 18.1 Å². The Hall–Kier alpha value is -2.12. The molecule has 2 N–H and O–H groups in total. The third kappa shape index (κ3) is 4.71. The standard InChI is InChI=1S/C15H17N3O3S/c1-10-5-3-4-6-12(10)17-14(20)9-22-15-16-11(8-21-2)7-13(19)18-15/h3-7H,8-9H2,1-2H3,(H,17,20)(H,16,18,19). The van der Waals surface area contributed by atoms with E-state index in [4.69, 9.17) is 4.74 Å². The highest BCUT2D eigenvalue weighted by molar-refractivity contribution is 7.99. The molecule has 2 rings (SSSR count). The van der Waals surface area contributed by atoms with Gasteiger partial charge in [0, 0.05) is 18.9 Å². The number of aromatic amines is 1. The van der Waals surface area contributed by atoms with Gasteiger partial charge in [-0.3, -0.25) is 9.59 Å². The van der Waals surface area contributed by atoms with Gasteiger partial charge < -0.3 is 15.0 Å². The van der Waals surface area contributed by atoms with E-state index in [9.17, 15) is 9.59 Å². The van der Waals surface area contributed by atoms with E-state index < -0.39 is 0 Å². The number of hydrogen-bond acceptors (Lipinski definition) is 5. The summed E-state index contributed by atoms with van der Waals surface area (Å²) in [4.78, 5) is 30.3. The van der Waals surface area contributed by atoms with Crippen LogP contribution in [0.5, 0.6) is 0 Å². The maximum atomic E-state index is 12.0. The zero-order valence-corrected chi connectivity index (χ0v) is 13.2. The predicted octanol–water partition coefficient (Wildman–Crippen LogP) is 1.96. The number of carbonyl (C=O) groups is 1. The molecule has 1 aromatic carbocycles. The predicted molar refractivity (Wildman–Crippen MR) is 86.1 cm³/mol. The first kappa shape index (κ1) is 16.3. The molecule has 116 valence electrons. The van der Waals surface area contributed by atoms with Crippen molar-refractivity contribution in [1.29, 1.82) is 0 Å². The number of anilines is 1. The summed E-state index contributed by atoms with van der Waals surface area (Å²) in [5.74, 6) is 0.00681. The van der Waals surface area contributed by atoms with Crippen LogP contribution in [-0.4, -0.2) is 28.7 Å². The largest absolute Gasteiger partial charge is 0.378 e. The summed E-state index contributed by atoms with van der Waals surface area (Å²) in [6.07, 6.45) is 0. The second-order valence-electron chi connectivity index (χ2n) is 4.63. The number of H-pyrrole nitrogens is 1. The maximum Gasteiger partial charge on any atom is 0.251 e. The van der Waals surface area contributed by atoms with E-state index in [1.807, 2.05) is 31.2 Å². The number of benzene rings is 1. The minimum atomic E-state index is -0.260. The molecule has 0 radical (unpaired) electrons. The minimum absolute atomic E-state index is 0.154. The minimum Gasteiger partial charge on any atom is -0.378 e. The monoisotopic (exact) mass is 319 g/mol. The van der Waals surface area contributed by atoms with Crippen LogP contribution in [0.2, 0.25) is 0 Å². The first-order valence-corrected chi connectivity index (χ1v) is 7.64. The Morgan fingerprint density at radius 1 is 1.41 bits per heavy atom. The van der Waals surface area contributed by atoms with Crippen LogP contribution in [0.3, 0.4) is 0 Å². The van der Waals surface area contributed by atoms with Gasteiger partial charge in [-0.2, -0.15) is 0 Å². The van der Waals surface area contributed by atoms with Gasteiger partial charge in [0.1, 0.15) is 0 Å². The number of aryl methyl sites for hydroxylation is 1. The molecule has 7 heteroatoms. The molecule has 0 saturated carbocycles. The number of rotatable bonds is 6. The first-order chi connectivity index (χ1) is 10.6. The van der Waals surface area contributed by atoms with Gasteiger partial charge in [-0.1, -0.05) is 30.0 Å². The molecule has 0 aliphatic carbocycles. The molecule has 0 atom stereocenters. The molecule has 1 aromatic heterocycles. The fourth-order valence-electron chi connectivity index (χ4n) is 1.81. The molecule has 1 amide bonds. The van der Waals surface area contributed by atoms with Gasteiger partial charge in [-0.05, 0) is 18.6 Å². The normalized spacial score (nSPS) is 10.5. The molecule has 1 heterocycles. The van der Waals surface area contributed by atoms with E-state index in [0.717, 1.165) is 11.3 Å². The quantitative estimate of drug-likeness (QED) is 0.628. The Bertz CT molecular complexity index is 715. The van der Waals surface area contributed by atoms with Crippen molar-refractivity contribution in [1.82, 2.24) is 9.97 Å². The fourth-order valence-corrected chi connectivity index (χ4v) is 2.50. The molecule has 0 saturated heterocycles. The summed E-state index contributed by atoms with van der Waals surface area (Å²) in [5, 5.41) is 3.23. The van der Waals surface area contributed by atoms with Crippen molar-refractivity contribution in [3.63, 3.8) is 0 Å². The van der Waals surface area contributed by atoms with E-state index in [1.54, 1.807) is 0 Å². The molecule has 0 spiro atoms. The molecule has 0 aliphatic rings. The van der Waals surface area contributed by atoms with Crippen molar-refractivity contribution >= 4 is 23.4 Å². The lowest BCUT2D eigenvalue weighted by Gasteiger charge is -2.08. The molecule has 0 unspecified atom stereocenters. The SMILES string of the molecule is COCc1cc(=O)[nH]c(SCC(=O)Nc2ccccc2C)n1. The van der Waals surface area contributed by atoms with Crippen LogP contribution >= 0.6 is 11.8 Å². The molecule has 0 bridgehead atoms. The number of thioether (sulfide) groups is 1. The van der Waals surface area contributed by atoms with Crippen molar-refractivity contribution in [2.75, 3.05) is 18.2 Å². The topological polar surface area (TPSA) is 84.1 Å². The Balaban J connectivity index is 1.96. The number of aromatic nitrogens is 2. The van der Waals surface area contributed by atoms with Gasteiger partial charge in [0.2, 0.25) is 5.91 Å². The number of hydrogen-bond donors (Lipinski definition) is 2. The summed E-state index contributed by atoms with van der Waals surface area (Å²) < 4.78 is 4.95. The van der Waals surface area contributed by atoms with Gasteiger partial charge in [0.15, 0.2) is 5.16 Å². The molecular weight excluding hydrogens is 302 g/mol. The summed E-state index contributed by atoms with van der Waals surface area (Å²) in [5.41, 5.74) is 2.05. The summed E-state index contributed by atoms with van der Waals surface area (Å²) in [6.45, 7) is 2.18. The van der Waals surface area contributed by atoms with Crippen LogP contribution in [0.1, 0.15) is 11.3 Å². The van der Waals surface area contributed by atoms with Crippen molar-refractivity contribution < 1.29 is 9.53 Å². The number of amides is 1. The van der Waals surface area contributed by atoms with Gasteiger partial charge in [-0.15, -0.1) is 0 Å². The third-order valence-electron chi connectivity index (χ3n) is 2.82. The lowest BCUT2D eigenvalue weighted by Crippen LogP contribution is -2.16. The van der Waals surface area contributed by atoms with Crippen molar-refractivity contribution in [2.45, 2.75) is 18.7 Å². The van der Waals surface area contributed by atoms with Crippen molar-refractivity contribution in [3.05, 3.63) is 51.9 Å². The number of ether oxygens (including phenoxy) is 1. The lowest BCUT2D eigenvalue weighted by molar-refractivity contribution is -0.113. The van der Waals surface area contributed by atoms with Gasteiger partial charge >= 0.3 is 0 Å². The molecule has 22 heavy (non-hydrogen) atoms. The first-order valence-electron chi connectivity index (χ1n) is 6.66. The Kier molecular flexibility index (Phi) is 5.74. The zero-order chi connectivity index (χ0) is 15.9. The maximum absolute atomic E-state index is 12.0. The lowest BCUT2D eigenvalue weighted by atomic mass is 10.2. The average molecular weight is 319 g/mol. The molecular formula is C15H17N3O3S. The van der Waals surface area contributed by atoms with E-state index in [1.165, 1.54) is 24.9 Å². The van der Waals surface area contributed by atoms with Crippen LogP contribution in [0, 0.1) is 6.92 Å². The summed E-state index contributed by atoms with van der Waals surface area (Å²) >= 11 is 1.17.